The molecule has 53 heavy (non-hydrogen) atoms. The molecule has 2 nitrogen and oxygen atoms in total. The maximum absolute atomic E-state index is 2.43. The molecule has 0 saturated heterocycles. The summed E-state index contributed by atoms with van der Waals surface area (Å²) in [4.78, 5) is 5.04. The van der Waals surface area contributed by atoms with Gasteiger partial charge in [0.25, 0.3) is 0 Å². The van der Waals surface area contributed by atoms with Crippen molar-refractivity contribution in [1.82, 2.24) is 4.57 Å². The van der Waals surface area contributed by atoms with Crippen LogP contribution < -0.4 is 4.90 Å². The van der Waals surface area contributed by atoms with Gasteiger partial charge in [-0.2, -0.15) is 0 Å². The van der Waals surface area contributed by atoms with E-state index < -0.39 is 0 Å². The Balaban J connectivity index is 0.000000148. The molecule has 3 heterocycles. The lowest BCUT2D eigenvalue weighted by Crippen LogP contribution is -2.09. The van der Waals surface area contributed by atoms with Crippen LogP contribution in [0.5, 0.6) is 0 Å². The predicted octanol–water partition coefficient (Wildman–Crippen LogP) is 13.6. The van der Waals surface area contributed by atoms with E-state index in [4.69, 9.17) is 0 Å². The summed E-state index contributed by atoms with van der Waals surface area (Å²) in [6, 6.07) is 69.7. The number of fused-ring (bicyclic) bond motifs is 7. The maximum Gasteiger partial charge on any atom is 0.0576 e. The summed E-state index contributed by atoms with van der Waals surface area (Å²) < 4.78 is 2.43. The second-order valence-corrected chi connectivity index (χ2v) is 14.8. The molecule has 1 aromatic heterocycles. The van der Waals surface area contributed by atoms with Crippen LogP contribution in [0.25, 0.3) is 38.6 Å². The molecular formula is C50H36N2S. The van der Waals surface area contributed by atoms with E-state index in [1.807, 2.05) is 11.8 Å². The quantitative estimate of drug-likeness (QED) is 0.181. The molecule has 0 atom stereocenters. The third kappa shape index (κ3) is 5.71. The molecule has 0 saturated carbocycles. The Morgan fingerprint density at radius 2 is 0.962 bits per heavy atom. The van der Waals surface area contributed by atoms with E-state index in [-0.39, 0.29) is 0 Å². The molecule has 2 aliphatic rings. The molecule has 11 rings (SSSR count). The van der Waals surface area contributed by atoms with Crippen LogP contribution in [-0.2, 0) is 12.8 Å². The van der Waals surface area contributed by atoms with Gasteiger partial charge in [0.2, 0.25) is 0 Å². The van der Waals surface area contributed by atoms with Gasteiger partial charge in [0.05, 0.1) is 11.0 Å². The summed E-state index contributed by atoms with van der Waals surface area (Å²) in [5.41, 5.74) is 15.7. The van der Waals surface area contributed by atoms with E-state index in [0.29, 0.717) is 0 Å². The number of benzene rings is 8. The van der Waals surface area contributed by atoms with Crippen LogP contribution in [0.3, 0.4) is 0 Å². The van der Waals surface area contributed by atoms with Gasteiger partial charge >= 0.3 is 0 Å². The molecule has 0 aliphatic carbocycles. The zero-order valence-corrected chi connectivity index (χ0v) is 30.0. The number of para-hydroxylation sites is 5. The van der Waals surface area contributed by atoms with Crippen molar-refractivity contribution >= 4 is 50.6 Å². The van der Waals surface area contributed by atoms with Crippen molar-refractivity contribution in [3.63, 3.8) is 0 Å². The van der Waals surface area contributed by atoms with Gasteiger partial charge < -0.3 is 9.47 Å². The van der Waals surface area contributed by atoms with Crippen LogP contribution in [0.15, 0.2) is 204 Å². The monoisotopic (exact) mass is 696 g/mol. The SMILES string of the molecule is c1ccc(N(c2ccccc2)c2ccc(-c3ccc4c(c3)Cc3ccccc3S4)cc2)cc1.c1ccc2c(c1)Cc1cccc3c4ccccc4n-2c13. The molecular weight excluding hydrogens is 661 g/mol. The lowest BCUT2D eigenvalue weighted by atomic mass is 9.98. The summed E-state index contributed by atoms with van der Waals surface area (Å²) in [6.07, 6.45) is 2.03. The smallest absolute Gasteiger partial charge is 0.0576 e. The highest BCUT2D eigenvalue weighted by molar-refractivity contribution is 7.99. The largest absolute Gasteiger partial charge is 0.311 e. The third-order valence-electron chi connectivity index (χ3n) is 10.5. The Morgan fingerprint density at radius 3 is 1.75 bits per heavy atom. The van der Waals surface area contributed by atoms with Crippen molar-refractivity contribution in [3.8, 4) is 16.8 Å². The molecule has 3 heteroatoms. The van der Waals surface area contributed by atoms with Crippen molar-refractivity contribution in [3.05, 3.63) is 216 Å². The van der Waals surface area contributed by atoms with Crippen LogP contribution >= 0.6 is 11.8 Å². The summed E-state index contributed by atoms with van der Waals surface area (Å²) >= 11 is 1.88. The van der Waals surface area contributed by atoms with Crippen molar-refractivity contribution in [2.24, 2.45) is 0 Å². The van der Waals surface area contributed by atoms with Crippen LogP contribution in [0, 0.1) is 0 Å². The summed E-state index contributed by atoms with van der Waals surface area (Å²) in [7, 11) is 0. The van der Waals surface area contributed by atoms with Gasteiger partial charge in [0.15, 0.2) is 0 Å². The van der Waals surface area contributed by atoms with Gasteiger partial charge in [-0.1, -0.05) is 139 Å². The van der Waals surface area contributed by atoms with Crippen LogP contribution in [-0.4, -0.2) is 4.57 Å². The van der Waals surface area contributed by atoms with E-state index in [9.17, 15) is 0 Å². The zero-order chi connectivity index (χ0) is 35.1. The number of hydrogen-bond acceptors (Lipinski definition) is 2. The highest BCUT2D eigenvalue weighted by atomic mass is 32.2. The Bertz CT molecular complexity index is 2710. The highest BCUT2D eigenvalue weighted by Crippen LogP contribution is 2.42. The maximum atomic E-state index is 2.43. The Morgan fingerprint density at radius 1 is 0.396 bits per heavy atom. The predicted molar refractivity (Wildman–Crippen MR) is 224 cm³/mol. The van der Waals surface area contributed by atoms with Crippen molar-refractivity contribution < 1.29 is 0 Å². The summed E-state index contributed by atoms with van der Waals surface area (Å²) in [5, 5.41) is 2.72. The zero-order valence-electron chi connectivity index (χ0n) is 29.2. The first-order valence-electron chi connectivity index (χ1n) is 18.3. The first kappa shape index (κ1) is 31.4. The van der Waals surface area contributed by atoms with Gasteiger partial charge in [0, 0.05) is 49.7 Å². The first-order chi connectivity index (χ1) is 26.3. The molecule has 0 amide bonds. The Hall–Kier alpha value is -6.29. The average Bonchev–Trinajstić information content (AvgIpc) is 3.57. The number of nitrogens with zero attached hydrogens (tertiary/aromatic N) is 2. The number of rotatable bonds is 4. The molecule has 0 radical (unpaired) electrons. The minimum Gasteiger partial charge on any atom is -0.311 e. The number of hydrogen-bond donors (Lipinski definition) is 0. The van der Waals surface area contributed by atoms with Crippen LogP contribution in [0.4, 0.5) is 17.1 Å². The van der Waals surface area contributed by atoms with Gasteiger partial charge in [-0.15, -0.1) is 0 Å². The molecule has 8 aromatic carbocycles. The fraction of sp³-hybridized carbons (Fsp3) is 0.0400. The second-order valence-electron chi connectivity index (χ2n) is 13.7. The molecule has 0 unspecified atom stereocenters. The molecule has 252 valence electrons. The Labute approximate surface area is 314 Å². The van der Waals surface area contributed by atoms with Crippen molar-refractivity contribution in [2.75, 3.05) is 4.90 Å². The van der Waals surface area contributed by atoms with E-state index >= 15 is 0 Å². The van der Waals surface area contributed by atoms with Gasteiger partial charge in [0.1, 0.15) is 0 Å². The molecule has 0 fully saturated rings. The fourth-order valence-corrected chi connectivity index (χ4v) is 9.09. The molecule has 0 N–H and O–H groups in total. The molecule has 0 spiro atoms. The summed E-state index contributed by atoms with van der Waals surface area (Å²) in [6.45, 7) is 0. The topological polar surface area (TPSA) is 8.17 Å². The van der Waals surface area contributed by atoms with Crippen molar-refractivity contribution in [2.45, 2.75) is 22.6 Å². The number of anilines is 3. The van der Waals surface area contributed by atoms with Crippen LogP contribution in [0.2, 0.25) is 0 Å². The van der Waals surface area contributed by atoms with E-state index in [1.54, 1.807) is 0 Å². The minimum atomic E-state index is 1.00. The van der Waals surface area contributed by atoms with E-state index in [1.165, 1.54) is 70.7 Å². The number of aromatic nitrogens is 1. The molecule has 2 aliphatic heterocycles. The summed E-state index contributed by atoms with van der Waals surface area (Å²) in [5.74, 6) is 0. The van der Waals surface area contributed by atoms with E-state index in [2.05, 4.69) is 204 Å². The Kier molecular flexibility index (Phi) is 7.92. The normalized spacial score (nSPS) is 12.3. The first-order valence-corrected chi connectivity index (χ1v) is 19.1. The van der Waals surface area contributed by atoms with Gasteiger partial charge in [-0.05, 0) is 107 Å². The lowest BCUT2D eigenvalue weighted by Gasteiger charge is -2.25. The fourth-order valence-electron chi connectivity index (χ4n) is 8.04. The minimum absolute atomic E-state index is 1.00. The molecule has 0 bridgehead atoms. The van der Waals surface area contributed by atoms with Gasteiger partial charge in [-0.3, -0.25) is 0 Å². The molecule has 9 aromatic rings. The lowest BCUT2D eigenvalue weighted by molar-refractivity contribution is 1.04. The second kappa shape index (κ2) is 13.4. The van der Waals surface area contributed by atoms with E-state index in [0.717, 1.165) is 29.9 Å². The highest BCUT2D eigenvalue weighted by Gasteiger charge is 2.21. The van der Waals surface area contributed by atoms with Crippen molar-refractivity contribution in [1.29, 1.82) is 0 Å². The average molecular weight is 697 g/mol. The standard InChI is InChI=1S/C31H23NS.C19H13N/c1-3-10-27(11-4-1)32(28-12-5-2-6-13-28)29-18-15-23(16-19-29)24-17-20-31-26(21-24)22-25-9-7-8-14-30(25)33-31;1-3-10-17-13(6-1)12-14-7-5-9-16-15-8-2-4-11-18(15)20(17)19(14)16/h1-21H,22H2;1-11H,12H2. The third-order valence-corrected chi connectivity index (χ3v) is 11.7. The van der Waals surface area contributed by atoms with Crippen LogP contribution in [0.1, 0.15) is 22.3 Å². The van der Waals surface area contributed by atoms with Gasteiger partial charge in [-0.25, -0.2) is 0 Å².